The molecule has 2 aromatic carbocycles. The predicted octanol–water partition coefficient (Wildman–Crippen LogP) is 3.97. The quantitative estimate of drug-likeness (QED) is 0.690. The molecule has 0 aliphatic carbocycles. The summed E-state index contributed by atoms with van der Waals surface area (Å²) in [7, 11) is 0. The first-order chi connectivity index (χ1) is 13.4. The summed E-state index contributed by atoms with van der Waals surface area (Å²) in [4.78, 5) is 26.9. The molecule has 28 heavy (non-hydrogen) atoms. The van der Waals surface area contributed by atoms with Gasteiger partial charge in [0, 0.05) is 18.1 Å². The Bertz CT molecular complexity index is 810. The molecule has 150 valence electrons. The van der Waals surface area contributed by atoms with Gasteiger partial charge in [-0.25, -0.2) is 0 Å². The number of ether oxygens (including phenoxy) is 1. The Hall–Kier alpha value is -2.53. The largest absolute Gasteiger partial charge is 0.484 e. The Morgan fingerprint density at radius 1 is 1.18 bits per heavy atom. The minimum atomic E-state index is -0.642. The van der Waals surface area contributed by atoms with Gasteiger partial charge in [0.2, 0.25) is 5.91 Å². The summed E-state index contributed by atoms with van der Waals surface area (Å²) in [6, 6.07) is 14.2. The van der Waals surface area contributed by atoms with Crippen molar-refractivity contribution in [3.63, 3.8) is 0 Å². The molecule has 1 atom stereocenters. The predicted molar refractivity (Wildman–Crippen MR) is 111 cm³/mol. The third-order valence-electron chi connectivity index (χ3n) is 4.37. The molecule has 2 amide bonds. The van der Waals surface area contributed by atoms with E-state index in [0.29, 0.717) is 17.3 Å². The van der Waals surface area contributed by atoms with Gasteiger partial charge in [-0.2, -0.15) is 0 Å². The van der Waals surface area contributed by atoms with E-state index in [1.807, 2.05) is 50.2 Å². The topological polar surface area (TPSA) is 58.6 Å². The molecular weight excluding hydrogens is 376 g/mol. The molecule has 0 unspecified atom stereocenters. The standard InChI is InChI=1S/C22H27ClN2O3/c1-4-12-24-22(27)17(3)25(14-18-9-5-6-11-20(18)23)21(26)15-28-19-10-7-8-16(2)13-19/h5-11,13,17H,4,12,14-15H2,1-3H3,(H,24,27)/t17-/m1/s1. The van der Waals surface area contributed by atoms with E-state index in [-0.39, 0.29) is 25.0 Å². The number of hydrogen-bond donors (Lipinski definition) is 1. The second-order valence-electron chi connectivity index (χ2n) is 6.69. The van der Waals surface area contributed by atoms with Gasteiger partial charge in [-0.15, -0.1) is 0 Å². The van der Waals surface area contributed by atoms with Crippen molar-refractivity contribution < 1.29 is 14.3 Å². The Balaban J connectivity index is 2.14. The second kappa shape index (κ2) is 10.7. The number of amides is 2. The molecule has 0 fully saturated rings. The smallest absolute Gasteiger partial charge is 0.261 e. The van der Waals surface area contributed by atoms with Crippen LogP contribution < -0.4 is 10.1 Å². The highest BCUT2D eigenvalue weighted by Gasteiger charge is 2.26. The molecule has 2 aromatic rings. The van der Waals surface area contributed by atoms with Crippen molar-refractivity contribution in [2.45, 2.75) is 39.8 Å². The molecule has 2 rings (SSSR count). The van der Waals surface area contributed by atoms with Crippen molar-refractivity contribution in [3.8, 4) is 5.75 Å². The van der Waals surface area contributed by atoms with Gasteiger partial charge in [0.25, 0.3) is 5.91 Å². The van der Waals surface area contributed by atoms with Crippen LogP contribution in [0.3, 0.4) is 0 Å². The van der Waals surface area contributed by atoms with Gasteiger partial charge in [-0.3, -0.25) is 9.59 Å². The van der Waals surface area contributed by atoms with E-state index >= 15 is 0 Å². The van der Waals surface area contributed by atoms with Gasteiger partial charge >= 0.3 is 0 Å². The SMILES string of the molecule is CCCNC(=O)[C@@H](C)N(Cc1ccccc1Cl)C(=O)COc1cccc(C)c1. The van der Waals surface area contributed by atoms with Crippen molar-refractivity contribution in [3.05, 3.63) is 64.7 Å². The van der Waals surface area contributed by atoms with Gasteiger partial charge in [-0.1, -0.05) is 48.9 Å². The minimum absolute atomic E-state index is 0.153. The number of carbonyl (C=O) groups is 2. The van der Waals surface area contributed by atoms with Crippen molar-refractivity contribution >= 4 is 23.4 Å². The number of aryl methyl sites for hydroxylation is 1. The van der Waals surface area contributed by atoms with E-state index in [4.69, 9.17) is 16.3 Å². The maximum Gasteiger partial charge on any atom is 0.261 e. The third kappa shape index (κ3) is 6.27. The number of nitrogens with one attached hydrogen (secondary N) is 1. The van der Waals surface area contributed by atoms with Gasteiger partial charge < -0.3 is 15.0 Å². The first-order valence-corrected chi connectivity index (χ1v) is 9.80. The highest BCUT2D eigenvalue weighted by atomic mass is 35.5. The average Bonchev–Trinajstić information content (AvgIpc) is 2.69. The first kappa shape index (κ1) is 21.8. The first-order valence-electron chi connectivity index (χ1n) is 9.42. The molecule has 5 nitrogen and oxygen atoms in total. The van der Waals surface area contributed by atoms with Gasteiger partial charge in [0.1, 0.15) is 11.8 Å². The molecule has 0 aliphatic rings. The summed E-state index contributed by atoms with van der Waals surface area (Å²) >= 11 is 6.26. The van der Waals surface area contributed by atoms with Gasteiger partial charge in [-0.05, 0) is 49.6 Å². The molecule has 0 spiro atoms. The van der Waals surface area contributed by atoms with E-state index in [0.717, 1.165) is 17.5 Å². The van der Waals surface area contributed by atoms with Crippen LogP contribution in [-0.4, -0.2) is 35.9 Å². The van der Waals surface area contributed by atoms with Crippen LogP contribution in [0.2, 0.25) is 5.02 Å². The number of rotatable bonds is 9. The number of nitrogens with zero attached hydrogens (tertiary/aromatic N) is 1. The molecule has 0 bridgehead atoms. The summed E-state index contributed by atoms with van der Waals surface area (Å²) in [5, 5.41) is 3.40. The van der Waals surface area contributed by atoms with E-state index < -0.39 is 6.04 Å². The minimum Gasteiger partial charge on any atom is -0.484 e. The highest BCUT2D eigenvalue weighted by molar-refractivity contribution is 6.31. The van der Waals surface area contributed by atoms with Crippen LogP contribution in [0.1, 0.15) is 31.4 Å². The zero-order chi connectivity index (χ0) is 20.5. The molecule has 0 aromatic heterocycles. The fraction of sp³-hybridized carbons (Fsp3) is 0.364. The normalized spacial score (nSPS) is 11.6. The summed E-state index contributed by atoms with van der Waals surface area (Å²) in [5.41, 5.74) is 1.83. The number of carbonyl (C=O) groups excluding carboxylic acids is 2. The molecule has 1 N–H and O–H groups in total. The third-order valence-corrected chi connectivity index (χ3v) is 4.74. The summed E-state index contributed by atoms with van der Waals surface area (Å²) < 4.78 is 5.65. The Morgan fingerprint density at radius 2 is 1.93 bits per heavy atom. The maximum atomic E-state index is 12.9. The second-order valence-corrected chi connectivity index (χ2v) is 7.09. The molecule has 0 aliphatic heterocycles. The molecular formula is C22H27ClN2O3. The lowest BCUT2D eigenvalue weighted by molar-refractivity contribution is -0.142. The molecule has 0 saturated heterocycles. The lowest BCUT2D eigenvalue weighted by Gasteiger charge is -2.29. The monoisotopic (exact) mass is 402 g/mol. The van der Waals surface area contributed by atoms with E-state index in [1.165, 1.54) is 4.90 Å². The molecule has 6 heteroatoms. The van der Waals surface area contributed by atoms with Crippen LogP contribution in [0, 0.1) is 6.92 Å². The van der Waals surface area contributed by atoms with Crippen molar-refractivity contribution in [2.24, 2.45) is 0 Å². The van der Waals surface area contributed by atoms with E-state index in [9.17, 15) is 9.59 Å². The van der Waals surface area contributed by atoms with Crippen LogP contribution in [0.5, 0.6) is 5.75 Å². The zero-order valence-corrected chi connectivity index (χ0v) is 17.3. The highest BCUT2D eigenvalue weighted by Crippen LogP contribution is 2.19. The van der Waals surface area contributed by atoms with E-state index in [2.05, 4.69) is 5.32 Å². The zero-order valence-electron chi connectivity index (χ0n) is 16.6. The van der Waals surface area contributed by atoms with Crippen molar-refractivity contribution in [1.82, 2.24) is 10.2 Å². The van der Waals surface area contributed by atoms with Gasteiger partial charge in [0.15, 0.2) is 6.61 Å². The van der Waals surface area contributed by atoms with Crippen LogP contribution in [-0.2, 0) is 16.1 Å². The molecule has 0 heterocycles. The lowest BCUT2D eigenvalue weighted by Crippen LogP contribution is -2.49. The average molecular weight is 403 g/mol. The van der Waals surface area contributed by atoms with Gasteiger partial charge in [0.05, 0.1) is 0 Å². The summed E-state index contributed by atoms with van der Waals surface area (Å²) in [5.74, 6) is 0.146. The van der Waals surface area contributed by atoms with Crippen molar-refractivity contribution in [2.75, 3.05) is 13.2 Å². The lowest BCUT2D eigenvalue weighted by atomic mass is 10.1. The maximum absolute atomic E-state index is 12.9. The molecule has 0 saturated carbocycles. The van der Waals surface area contributed by atoms with Crippen LogP contribution in [0.4, 0.5) is 0 Å². The van der Waals surface area contributed by atoms with Crippen LogP contribution >= 0.6 is 11.6 Å². The Kier molecular flexibility index (Phi) is 8.33. The Morgan fingerprint density at radius 3 is 2.61 bits per heavy atom. The van der Waals surface area contributed by atoms with Crippen LogP contribution in [0.15, 0.2) is 48.5 Å². The van der Waals surface area contributed by atoms with Crippen molar-refractivity contribution in [1.29, 1.82) is 0 Å². The van der Waals surface area contributed by atoms with Crippen LogP contribution in [0.25, 0.3) is 0 Å². The fourth-order valence-electron chi connectivity index (χ4n) is 2.72. The summed E-state index contributed by atoms with van der Waals surface area (Å²) in [6.45, 7) is 6.30. The number of benzene rings is 2. The Labute approximate surface area is 171 Å². The number of hydrogen-bond acceptors (Lipinski definition) is 3. The molecule has 0 radical (unpaired) electrons. The fourth-order valence-corrected chi connectivity index (χ4v) is 2.92. The summed E-state index contributed by atoms with van der Waals surface area (Å²) in [6.07, 6.45) is 0.827. The number of halogens is 1. The van der Waals surface area contributed by atoms with E-state index in [1.54, 1.807) is 19.1 Å².